The van der Waals surface area contributed by atoms with Crippen LogP contribution in [-0.2, 0) is 13.0 Å². The lowest BCUT2D eigenvalue weighted by atomic mass is 10.0. The average Bonchev–Trinajstić information content (AvgIpc) is 3.17. The number of aromatic nitrogens is 5. The number of hydrogen-bond acceptors (Lipinski definition) is 4. The third-order valence-electron chi connectivity index (χ3n) is 4.71. The van der Waals surface area contributed by atoms with Crippen molar-refractivity contribution in [3.63, 3.8) is 0 Å². The van der Waals surface area contributed by atoms with E-state index in [4.69, 9.17) is 16.5 Å². The van der Waals surface area contributed by atoms with E-state index in [0.29, 0.717) is 23.8 Å². The van der Waals surface area contributed by atoms with Gasteiger partial charge in [0.1, 0.15) is 11.5 Å². The van der Waals surface area contributed by atoms with Gasteiger partial charge < -0.3 is 4.57 Å². The molecule has 6 nitrogen and oxygen atoms in total. The molecule has 0 atom stereocenters. The predicted octanol–water partition coefficient (Wildman–Crippen LogP) is 4.75. The van der Waals surface area contributed by atoms with Gasteiger partial charge >= 0.3 is 0 Å². The molecule has 0 fully saturated rings. The Kier molecular flexibility index (Phi) is 4.81. The Morgan fingerprint density at radius 1 is 1.11 bits per heavy atom. The zero-order valence-electron chi connectivity index (χ0n) is 15.9. The summed E-state index contributed by atoms with van der Waals surface area (Å²) in [7, 11) is 0. The maximum absolute atomic E-state index is 7.41. The first kappa shape index (κ1) is 17.8. The van der Waals surface area contributed by atoms with Crippen LogP contribution in [0.5, 0.6) is 0 Å². The monoisotopic (exact) mass is 368 g/mol. The van der Waals surface area contributed by atoms with Crippen molar-refractivity contribution in [1.82, 2.24) is 24.5 Å². The Morgan fingerprint density at radius 3 is 2.82 bits per heavy atom. The van der Waals surface area contributed by atoms with Crippen LogP contribution in [0.3, 0.4) is 0 Å². The molecule has 0 aromatic carbocycles. The van der Waals surface area contributed by atoms with E-state index in [9.17, 15) is 0 Å². The van der Waals surface area contributed by atoms with Crippen LogP contribution in [0.25, 0.3) is 27.3 Å². The molecule has 0 spiro atoms. The minimum Gasteiger partial charge on any atom is -0.325 e. The molecule has 0 amide bonds. The fraction of sp³-hybridized carbons (Fsp3) is 0.227. The first-order valence-corrected chi connectivity index (χ1v) is 9.29. The van der Waals surface area contributed by atoms with Crippen molar-refractivity contribution in [2.75, 3.05) is 0 Å². The second-order valence-corrected chi connectivity index (χ2v) is 6.69. The molecule has 138 valence electrons. The smallest absolute Gasteiger partial charge is 0.216 e. The highest BCUT2D eigenvalue weighted by Gasteiger charge is 2.16. The van der Waals surface area contributed by atoms with Gasteiger partial charge in [0.25, 0.3) is 0 Å². The minimum absolute atomic E-state index is 0.493. The normalized spacial score (nSPS) is 10.9. The first-order valence-electron chi connectivity index (χ1n) is 9.29. The topological polar surface area (TPSA) is 60.9 Å². The molecular formula is C22H20N6. The summed E-state index contributed by atoms with van der Waals surface area (Å²) in [6.45, 7) is 12.1. The number of nitrogens with zero attached hydrogens (tertiary/aromatic N) is 6. The van der Waals surface area contributed by atoms with Crippen LogP contribution in [0, 0.1) is 13.5 Å². The molecular weight excluding hydrogens is 348 g/mol. The van der Waals surface area contributed by atoms with Crippen LogP contribution in [0.1, 0.15) is 30.3 Å². The fourth-order valence-corrected chi connectivity index (χ4v) is 3.40. The fourth-order valence-electron chi connectivity index (χ4n) is 3.40. The molecule has 4 rings (SSSR count). The molecule has 0 aliphatic carbocycles. The zero-order valence-corrected chi connectivity index (χ0v) is 15.9. The lowest BCUT2D eigenvalue weighted by Gasteiger charge is -2.14. The highest BCUT2D eigenvalue weighted by Crippen LogP contribution is 2.28. The van der Waals surface area contributed by atoms with Gasteiger partial charge in [-0.15, -0.1) is 0 Å². The molecule has 0 saturated heterocycles. The summed E-state index contributed by atoms with van der Waals surface area (Å²) in [5.74, 6) is 0.674. The van der Waals surface area contributed by atoms with Crippen LogP contribution in [-0.4, -0.2) is 24.5 Å². The quantitative estimate of drug-likeness (QED) is 0.477. The Balaban J connectivity index is 1.81. The predicted molar refractivity (Wildman–Crippen MR) is 109 cm³/mol. The summed E-state index contributed by atoms with van der Waals surface area (Å²) in [5, 5.41) is 1.06. The number of imidazole rings is 1. The van der Waals surface area contributed by atoms with Crippen LogP contribution in [0.2, 0.25) is 0 Å². The number of rotatable bonds is 5. The number of hydrogen-bond donors (Lipinski definition) is 0. The third-order valence-corrected chi connectivity index (χ3v) is 4.71. The summed E-state index contributed by atoms with van der Waals surface area (Å²) in [6.07, 6.45) is 9.15. The van der Waals surface area contributed by atoms with Crippen LogP contribution >= 0.6 is 0 Å². The van der Waals surface area contributed by atoms with E-state index in [1.807, 2.05) is 30.0 Å². The van der Waals surface area contributed by atoms with Gasteiger partial charge in [-0.05, 0) is 25.5 Å². The van der Waals surface area contributed by atoms with Crippen LogP contribution in [0.4, 0.5) is 5.69 Å². The summed E-state index contributed by atoms with van der Waals surface area (Å²) >= 11 is 0. The molecule has 0 radical (unpaired) electrons. The van der Waals surface area contributed by atoms with E-state index in [-0.39, 0.29) is 0 Å². The second-order valence-electron chi connectivity index (χ2n) is 6.69. The van der Waals surface area contributed by atoms with Gasteiger partial charge in [-0.2, -0.15) is 0 Å². The number of pyridine rings is 3. The van der Waals surface area contributed by atoms with E-state index in [0.717, 1.165) is 35.1 Å². The van der Waals surface area contributed by atoms with Crippen molar-refractivity contribution in [3.8, 4) is 11.5 Å². The lowest BCUT2D eigenvalue weighted by Crippen LogP contribution is -2.08. The molecule has 6 heteroatoms. The molecule has 4 aromatic heterocycles. The molecule has 28 heavy (non-hydrogen) atoms. The standard InChI is InChI=1S/C22H20N6/c1-4-6-17-19(26-13-16-9-8-15(2)27-20(16)17)14-28-12-11-25-22(28)21-18(23-3)7-5-10-24-21/h5,7-13H,4,6,14H2,1-2H3. The van der Waals surface area contributed by atoms with Crippen molar-refractivity contribution >= 4 is 16.6 Å². The van der Waals surface area contributed by atoms with Gasteiger partial charge in [-0.25, -0.2) is 9.83 Å². The molecule has 0 saturated carbocycles. The first-order chi connectivity index (χ1) is 13.7. The van der Waals surface area contributed by atoms with Crippen molar-refractivity contribution in [2.45, 2.75) is 33.2 Å². The molecule has 0 unspecified atom stereocenters. The van der Waals surface area contributed by atoms with Gasteiger partial charge in [0, 0.05) is 41.4 Å². The maximum atomic E-state index is 7.41. The largest absolute Gasteiger partial charge is 0.325 e. The summed E-state index contributed by atoms with van der Waals surface area (Å²) in [4.78, 5) is 21.9. The average molecular weight is 368 g/mol. The Hall–Kier alpha value is -3.59. The SMILES string of the molecule is [C-]#[N+]c1cccnc1-c1nccn1Cc1ncc2ccc(C)nc2c1CCC. The second kappa shape index (κ2) is 7.57. The molecule has 0 N–H and O–H groups in total. The Bertz CT molecular complexity index is 1190. The van der Waals surface area contributed by atoms with Gasteiger partial charge in [-0.3, -0.25) is 15.0 Å². The molecule has 4 heterocycles. The Morgan fingerprint density at radius 2 is 2.00 bits per heavy atom. The van der Waals surface area contributed by atoms with E-state index < -0.39 is 0 Å². The number of aryl methyl sites for hydroxylation is 2. The molecule has 0 aliphatic rings. The minimum atomic E-state index is 0.493. The van der Waals surface area contributed by atoms with Gasteiger partial charge in [-0.1, -0.05) is 25.5 Å². The van der Waals surface area contributed by atoms with E-state index in [2.05, 4.69) is 27.8 Å². The van der Waals surface area contributed by atoms with E-state index >= 15 is 0 Å². The van der Waals surface area contributed by atoms with E-state index in [1.165, 1.54) is 5.56 Å². The number of fused-ring (bicyclic) bond motifs is 1. The van der Waals surface area contributed by atoms with Crippen molar-refractivity contribution in [1.29, 1.82) is 0 Å². The molecule has 4 aromatic rings. The third kappa shape index (κ3) is 3.23. The molecule has 0 aliphatic heterocycles. The van der Waals surface area contributed by atoms with Gasteiger partial charge in [0.05, 0.1) is 24.3 Å². The zero-order chi connectivity index (χ0) is 19.5. The molecule has 0 bridgehead atoms. The highest BCUT2D eigenvalue weighted by molar-refractivity contribution is 5.82. The van der Waals surface area contributed by atoms with Crippen molar-refractivity contribution < 1.29 is 0 Å². The van der Waals surface area contributed by atoms with Gasteiger partial charge in [0.2, 0.25) is 5.69 Å². The summed E-state index contributed by atoms with van der Waals surface area (Å²) in [6, 6.07) is 7.62. The van der Waals surface area contributed by atoms with Crippen molar-refractivity contribution in [3.05, 3.63) is 77.4 Å². The van der Waals surface area contributed by atoms with Gasteiger partial charge in [0.15, 0.2) is 0 Å². The Labute approximate surface area is 163 Å². The van der Waals surface area contributed by atoms with Crippen LogP contribution in [0.15, 0.2) is 49.1 Å². The maximum Gasteiger partial charge on any atom is 0.216 e. The summed E-state index contributed by atoms with van der Waals surface area (Å²) < 4.78 is 2.00. The highest BCUT2D eigenvalue weighted by atomic mass is 15.1. The van der Waals surface area contributed by atoms with Crippen molar-refractivity contribution in [2.24, 2.45) is 0 Å². The van der Waals surface area contributed by atoms with E-state index in [1.54, 1.807) is 24.5 Å². The lowest BCUT2D eigenvalue weighted by molar-refractivity contribution is 0.760. The summed E-state index contributed by atoms with van der Waals surface area (Å²) in [5.41, 5.74) is 5.26. The van der Waals surface area contributed by atoms with Crippen LogP contribution < -0.4 is 0 Å².